The van der Waals surface area contributed by atoms with E-state index in [9.17, 15) is 4.79 Å². The third-order valence-electron chi connectivity index (χ3n) is 4.64. The molecule has 0 atom stereocenters. The Morgan fingerprint density at radius 1 is 1.23 bits per heavy atom. The second-order valence-electron chi connectivity index (χ2n) is 6.25. The van der Waals surface area contributed by atoms with Crippen LogP contribution in [0, 0.1) is 5.92 Å². The molecule has 0 aliphatic heterocycles. The molecule has 0 unspecified atom stereocenters. The molecule has 0 spiro atoms. The van der Waals surface area contributed by atoms with Gasteiger partial charge in [-0.1, -0.05) is 37.8 Å². The Bertz CT molecular complexity index is 466. The number of benzene rings is 1. The van der Waals surface area contributed by atoms with Gasteiger partial charge in [-0.15, -0.1) is 0 Å². The van der Waals surface area contributed by atoms with Gasteiger partial charge in [0, 0.05) is 18.1 Å². The molecular formula is C18H26ClNO2. The van der Waals surface area contributed by atoms with Gasteiger partial charge in [0.2, 0.25) is 0 Å². The Hall–Kier alpha value is -1.22. The van der Waals surface area contributed by atoms with E-state index in [2.05, 4.69) is 6.92 Å². The van der Waals surface area contributed by atoms with Crippen molar-refractivity contribution in [2.75, 3.05) is 7.05 Å². The summed E-state index contributed by atoms with van der Waals surface area (Å²) in [6.07, 6.45) is 8.27. The summed E-state index contributed by atoms with van der Waals surface area (Å²) in [4.78, 5) is 14.0. The predicted octanol–water partition coefficient (Wildman–Crippen LogP) is 5.52. The number of carbonyl (C=O) groups is 1. The molecule has 1 fully saturated rings. The van der Waals surface area contributed by atoms with Crippen molar-refractivity contribution in [3.8, 4) is 5.75 Å². The maximum absolute atomic E-state index is 12.2. The number of unbranched alkanes of at least 4 members (excludes halogenated alkanes) is 1. The molecule has 1 aromatic carbocycles. The van der Waals surface area contributed by atoms with Crippen LogP contribution in [0.4, 0.5) is 4.79 Å². The predicted molar refractivity (Wildman–Crippen MR) is 90.5 cm³/mol. The zero-order chi connectivity index (χ0) is 15.9. The first kappa shape index (κ1) is 17.1. The van der Waals surface area contributed by atoms with Crippen molar-refractivity contribution in [1.82, 2.24) is 4.90 Å². The average Bonchev–Trinajstić information content (AvgIpc) is 2.55. The first-order valence-corrected chi connectivity index (χ1v) is 8.68. The monoisotopic (exact) mass is 323 g/mol. The van der Waals surface area contributed by atoms with Crippen LogP contribution >= 0.6 is 11.6 Å². The minimum absolute atomic E-state index is 0.278. The SMILES string of the molecule is CCCCC1CCC(N(C)C(=O)Oc2ccc(Cl)cc2)CC1. The normalized spacial score (nSPS) is 21.4. The van der Waals surface area contributed by atoms with Gasteiger partial charge in [-0.25, -0.2) is 4.79 Å². The largest absolute Gasteiger partial charge is 0.415 e. The highest BCUT2D eigenvalue weighted by Gasteiger charge is 2.27. The van der Waals surface area contributed by atoms with Crippen molar-refractivity contribution in [2.24, 2.45) is 5.92 Å². The zero-order valence-corrected chi connectivity index (χ0v) is 14.3. The van der Waals surface area contributed by atoms with Crippen LogP contribution in [0.15, 0.2) is 24.3 Å². The number of amides is 1. The summed E-state index contributed by atoms with van der Waals surface area (Å²) in [6.45, 7) is 2.24. The first-order chi connectivity index (χ1) is 10.6. The summed E-state index contributed by atoms with van der Waals surface area (Å²) in [6, 6.07) is 7.19. The fourth-order valence-electron chi connectivity index (χ4n) is 3.14. The molecule has 1 aliphatic carbocycles. The Balaban J connectivity index is 1.80. The van der Waals surface area contributed by atoms with Crippen LogP contribution in [-0.4, -0.2) is 24.1 Å². The second-order valence-corrected chi connectivity index (χ2v) is 6.69. The lowest BCUT2D eigenvalue weighted by molar-refractivity contribution is 0.123. The third-order valence-corrected chi connectivity index (χ3v) is 4.89. The van der Waals surface area contributed by atoms with E-state index < -0.39 is 0 Å². The summed E-state index contributed by atoms with van der Waals surface area (Å²) in [5.74, 6) is 1.38. The Labute approximate surface area is 138 Å². The van der Waals surface area contributed by atoms with E-state index in [1.54, 1.807) is 29.2 Å². The van der Waals surface area contributed by atoms with Gasteiger partial charge in [0.15, 0.2) is 0 Å². The smallest absolute Gasteiger partial charge is 0.410 e. The van der Waals surface area contributed by atoms with Crippen LogP contribution in [0.2, 0.25) is 5.02 Å². The fraction of sp³-hybridized carbons (Fsp3) is 0.611. The van der Waals surface area contributed by atoms with Gasteiger partial charge < -0.3 is 9.64 Å². The molecule has 3 nitrogen and oxygen atoms in total. The molecule has 0 bridgehead atoms. The van der Waals surface area contributed by atoms with Gasteiger partial charge >= 0.3 is 6.09 Å². The number of carbonyl (C=O) groups excluding carboxylic acids is 1. The fourth-order valence-corrected chi connectivity index (χ4v) is 3.26. The Morgan fingerprint density at radius 3 is 2.45 bits per heavy atom. The highest BCUT2D eigenvalue weighted by Crippen LogP contribution is 2.30. The molecule has 0 heterocycles. The van der Waals surface area contributed by atoms with Crippen molar-refractivity contribution in [3.63, 3.8) is 0 Å². The van der Waals surface area contributed by atoms with Gasteiger partial charge in [-0.3, -0.25) is 0 Å². The van der Waals surface area contributed by atoms with Crippen LogP contribution in [0.5, 0.6) is 5.75 Å². The van der Waals surface area contributed by atoms with Crippen molar-refractivity contribution in [2.45, 2.75) is 57.9 Å². The number of ether oxygens (including phenoxy) is 1. The maximum atomic E-state index is 12.2. The van der Waals surface area contributed by atoms with Crippen molar-refractivity contribution >= 4 is 17.7 Å². The van der Waals surface area contributed by atoms with Crippen molar-refractivity contribution < 1.29 is 9.53 Å². The molecule has 1 saturated carbocycles. The zero-order valence-electron chi connectivity index (χ0n) is 13.6. The molecule has 0 saturated heterocycles. The first-order valence-electron chi connectivity index (χ1n) is 8.30. The van der Waals surface area contributed by atoms with E-state index >= 15 is 0 Å². The van der Waals surface area contributed by atoms with Crippen molar-refractivity contribution in [1.29, 1.82) is 0 Å². The molecule has 2 rings (SSSR count). The molecule has 1 aliphatic rings. The Morgan fingerprint density at radius 2 is 1.86 bits per heavy atom. The topological polar surface area (TPSA) is 29.5 Å². The molecule has 1 aromatic rings. The van der Waals surface area contributed by atoms with E-state index in [1.807, 2.05) is 7.05 Å². The van der Waals surface area contributed by atoms with Crippen LogP contribution in [0.25, 0.3) is 0 Å². The summed E-state index contributed by atoms with van der Waals surface area (Å²) in [5.41, 5.74) is 0. The van der Waals surface area contributed by atoms with Gasteiger partial charge in [0.25, 0.3) is 0 Å². The molecule has 0 radical (unpaired) electrons. The molecule has 122 valence electrons. The minimum atomic E-state index is -0.278. The number of halogens is 1. The lowest BCUT2D eigenvalue weighted by Gasteiger charge is -2.34. The molecule has 0 aromatic heterocycles. The Kier molecular flexibility index (Phi) is 6.56. The lowest BCUT2D eigenvalue weighted by Crippen LogP contribution is -2.41. The lowest BCUT2D eigenvalue weighted by atomic mass is 9.83. The highest BCUT2D eigenvalue weighted by molar-refractivity contribution is 6.30. The number of hydrogen-bond acceptors (Lipinski definition) is 2. The van der Waals surface area contributed by atoms with Crippen molar-refractivity contribution in [3.05, 3.63) is 29.3 Å². The highest BCUT2D eigenvalue weighted by atomic mass is 35.5. The molecule has 4 heteroatoms. The second kappa shape index (κ2) is 8.42. The molecule has 22 heavy (non-hydrogen) atoms. The van der Waals surface area contributed by atoms with E-state index in [0.29, 0.717) is 16.8 Å². The summed E-state index contributed by atoms with van der Waals surface area (Å²) in [5, 5.41) is 0.638. The summed E-state index contributed by atoms with van der Waals surface area (Å²) in [7, 11) is 1.84. The number of rotatable bonds is 5. The maximum Gasteiger partial charge on any atom is 0.415 e. The minimum Gasteiger partial charge on any atom is -0.410 e. The average molecular weight is 324 g/mol. The molecule has 1 amide bonds. The van der Waals surface area contributed by atoms with E-state index in [1.165, 1.54) is 32.1 Å². The van der Waals surface area contributed by atoms with Gasteiger partial charge in [-0.2, -0.15) is 0 Å². The van der Waals surface area contributed by atoms with E-state index in [4.69, 9.17) is 16.3 Å². The number of nitrogens with zero attached hydrogens (tertiary/aromatic N) is 1. The molecular weight excluding hydrogens is 298 g/mol. The van der Waals surface area contributed by atoms with E-state index in [-0.39, 0.29) is 6.09 Å². The van der Waals surface area contributed by atoms with Crippen LogP contribution < -0.4 is 4.74 Å². The molecule has 0 N–H and O–H groups in total. The number of hydrogen-bond donors (Lipinski definition) is 0. The van der Waals surface area contributed by atoms with E-state index in [0.717, 1.165) is 18.8 Å². The van der Waals surface area contributed by atoms with Crippen LogP contribution in [0.3, 0.4) is 0 Å². The van der Waals surface area contributed by atoms with Gasteiger partial charge in [0.1, 0.15) is 5.75 Å². The quantitative estimate of drug-likeness (QED) is 0.714. The standard InChI is InChI=1S/C18H26ClNO2/c1-3-4-5-14-6-10-16(11-7-14)20(2)18(21)22-17-12-8-15(19)9-13-17/h8-9,12-14,16H,3-7,10-11H2,1-2H3. The summed E-state index contributed by atoms with van der Waals surface area (Å²) >= 11 is 5.83. The van der Waals surface area contributed by atoms with Crippen LogP contribution in [-0.2, 0) is 0 Å². The summed E-state index contributed by atoms with van der Waals surface area (Å²) < 4.78 is 5.40. The van der Waals surface area contributed by atoms with Gasteiger partial charge in [0.05, 0.1) is 0 Å². The van der Waals surface area contributed by atoms with Crippen LogP contribution in [0.1, 0.15) is 51.9 Å². The van der Waals surface area contributed by atoms with Gasteiger partial charge in [-0.05, 0) is 55.9 Å². The third kappa shape index (κ3) is 4.91.